The summed E-state index contributed by atoms with van der Waals surface area (Å²) in [5.74, 6) is -15.1. The van der Waals surface area contributed by atoms with E-state index in [1.165, 1.54) is 6.07 Å². The maximum Gasteiger partial charge on any atom is 0.346 e. The van der Waals surface area contributed by atoms with Crippen LogP contribution in [0.2, 0.25) is 0 Å². The second kappa shape index (κ2) is 8.47. The lowest BCUT2D eigenvalue weighted by molar-refractivity contribution is 0.0711. The molecule has 0 aliphatic heterocycles. The number of carbonyl (C=O) groups is 1. The van der Waals surface area contributed by atoms with E-state index in [1.54, 1.807) is 0 Å². The summed E-state index contributed by atoms with van der Waals surface area (Å²) in [7, 11) is 0. The van der Waals surface area contributed by atoms with Gasteiger partial charge in [-0.25, -0.2) is 22.4 Å². The third kappa shape index (κ3) is 4.11. The summed E-state index contributed by atoms with van der Waals surface area (Å²) < 4.78 is 85.5. The Kier molecular flexibility index (Phi) is 6.19. The number of halogens is 6. The molecule has 2 aromatic rings. The van der Waals surface area contributed by atoms with Crippen molar-refractivity contribution in [2.24, 2.45) is 5.92 Å². The van der Waals surface area contributed by atoms with Crippen molar-refractivity contribution in [2.75, 3.05) is 0 Å². The van der Waals surface area contributed by atoms with Crippen LogP contribution in [0, 0.1) is 40.8 Å². The summed E-state index contributed by atoms with van der Waals surface area (Å²) in [4.78, 5) is 12.1. The molecule has 0 aromatic heterocycles. The molecule has 1 fully saturated rings. The quantitative estimate of drug-likeness (QED) is 0.189. The van der Waals surface area contributed by atoms with Gasteiger partial charge in [0.15, 0.2) is 0 Å². The van der Waals surface area contributed by atoms with Crippen molar-refractivity contribution >= 4 is 5.97 Å². The Labute approximate surface area is 163 Å². The molecule has 0 saturated heterocycles. The summed E-state index contributed by atoms with van der Waals surface area (Å²) in [6.45, 7) is 2.12. The van der Waals surface area contributed by atoms with Gasteiger partial charge in [-0.15, -0.1) is 0 Å². The predicted molar refractivity (Wildman–Crippen MR) is 92.6 cm³/mol. The van der Waals surface area contributed by atoms with Gasteiger partial charge in [0.1, 0.15) is 5.82 Å². The average molecular weight is 416 g/mol. The van der Waals surface area contributed by atoms with Crippen LogP contribution < -0.4 is 4.74 Å². The van der Waals surface area contributed by atoms with Crippen LogP contribution >= 0.6 is 0 Å². The summed E-state index contributed by atoms with van der Waals surface area (Å²) >= 11 is 0. The minimum absolute atomic E-state index is 0.132. The first kappa shape index (κ1) is 21.2. The molecule has 2 aromatic carbocycles. The molecular formula is C21H18F6O2. The molecule has 1 aliphatic carbocycles. The zero-order valence-corrected chi connectivity index (χ0v) is 15.5. The largest absolute Gasteiger partial charge is 0.416 e. The Bertz CT molecular complexity index is 906. The molecule has 0 N–H and O–H groups in total. The van der Waals surface area contributed by atoms with Crippen molar-refractivity contribution in [3.05, 3.63) is 64.2 Å². The molecule has 8 heteroatoms. The lowest BCUT2D eigenvalue weighted by Gasteiger charge is -2.28. The van der Waals surface area contributed by atoms with Gasteiger partial charge in [0.25, 0.3) is 0 Å². The number of carbonyl (C=O) groups excluding carboxylic acids is 1. The fraction of sp³-hybridized carbons (Fsp3) is 0.381. The van der Waals surface area contributed by atoms with Gasteiger partial charge in [-0.3, -0.25) is 0 Å². The smallest absolute Gasteiger partial charge is 0.346 e. The molecule has 3 rings (SSSR count). The fourth-order valence-electron chi connectivity index (χ4n) is 3.68. The Hall–Kier alpha value is -2.51. The minimum Gasteiger partial charge on any atom is -0.416 e. The van der Waals surface area contributed by atoms with Crippen molar-refractivity contribution in [3.8, 4) is 5.75 Å². The summed E-state index contributed by atoms with van der Waals surface area (Å²) in [5, 5.41) is 0. The third-order valence-electron chi connectivity index (χ3n) is 5.47. The number of hydrogen-bond donors (Lipinski definition) is 0. The van der Waals surface area contributed by atoms with E-state index in [0.717, 1.165) is 44.2 Å². The van der Waals surface area contributed by atoms with Crippen molar-refractivity contribution in [3.63, 3.8) is 0 Å². The first-order chi connectivity index (χ1) is 13.7. The second-order valence-corrected chi connectivity index (χ2v) is 7.15. The van der Waals surface area contributed by atoms with Crippen LogP contribution in [0.4, 0.5) is 26.3 Å². The van der Waals surface area contributed by atoms with Crippen LogP contribution in [-0.4, -0.2) is 5.97 Å². The van der Waals surface area contributed by atoms with E-state index < -0.39 is 52.2 Å². The van der Waals surface area contributed by atoms with Gasteiger partial charge in [-0.2, -0.15) is 8.78 Å². The van der Waals surface area contributed by atoms with E-state index in [1.807, 2.05) is 0 Å². The predicted octanol–water partition coefficient (Wildman–Crippen LogP) is 6.42. The van der Waals surface area contributed by atoms with Gasteiger partial charge >= 0.3 is 5.97 Å². The first-order valence-electron chi connectivity index (χ1n) is 9.27. The molecule has 0 atom stereocenters. The van der Waals surface area contributed by atoms with Crippen molar-refractivity contribution in [2.45, 2.75) is 44.9 Å². The van der Waals surface area contributed by atoms with Crippen LogP contribution in [0.25, 0.3) is 0 Å². The molecule has 0 bridgehead atoms. The molecule has 29 heavy (non-hydrogen) atoms. The van der Waals surface area contributed by atoms with E-state index in [4.69, 9.17) is 0 Å². The molecule has 0 amide bonds. The van der Waals surface area contributed by atoms with Gasteiger partial charge in [-0.1, -0.05) is 19.4 Å². The number of ether oxygens (including phenoxy) is 1. The molecule has 1 saturated carbocycles. The third-order valence-corrected chi connectivity index (χ3v) is 5.47. The molecule has 0 heterocycles. The lowest BCUT2D eigenvalue weighted by atomic mass is 9.78. The molecule has 0 spiro atoms. The Balaban J connectivity index is 1.81. The van der Waals surface area contributed by atoms with Gasteiger partial charge in [0, 0.05) is 0 Å². The highest BCUT2D eigenvalue weighted by atomic mass is 19.2. The maximum atomic E-state index is 14.4. The number of hydrogen-bond acceptors (Lipinski definition) is 2. The monoisotopic (exact) mass is 416 g/mol. The molecule has 2 nitrogen and oxygen atoms in total. The van der Waals surface area contributed by atoms with E-state index >= 15 is 0 Å². The summed E-state index contributed by atoms with van der Waals surface area (Å²) in [6.07, 6.45) is 4.89. The lowest BCUT2D eigenvalue weighted by Crippen LogP contribution is -2.16. The zero-order valence-electron chi connectivity index (χ0n) is 15.5. The molecule has 0 unspecified atom stereocenters. The number of rotatable bonds is 4. The number of esters is 1. The molecule has 0 radical (unpaired) electrons. The molecule has 156 valence electrons. The van der Waals surface area contributed by atoms with Crippen molar-refractivity contribution < 1.29 is 35.9 Å². The van der Waals surface area contributed by atoms with Crippen LogP contribution in [0.5, 0.6) is 5.75 Å². The Morgan fingerprint density at radius 2 is 1.45 bits per heavy atom. The normalized spacial score (nSPS) is 19.3. The van der Waals surface area contributed by atoms with Crippen LogP contribution in [-0.2, 0) is 0 Å². The molecule has 1 aliphatic rings. The van der Waals surface area contributed by atoms with E-state index in [9.17, 15) is 31.1 Å². The van der Waals surface area contributed by atoms with Crippen molar-refractivity contribution in [1.82, 2.24) is 0 Å². The number of benzene rings is 2. The summed E-state index contributed by atoms with van der Waals surface area (Å²) in [6, 6.07) is 3.74. The second-order valence-electron chi connectivity index (χ2n) is 7.15. The fourth-order valence-corrected chi connectivity index (χ4v) is 3.68. The van der Waals surface area contributed by atoms with Gasteiger partial charge in [0.2, 0.25) is 34.8 Å². The highest BCUT2D eigenvalue weighted by molar-refractivity contribution is 5.91. The zero-order chi connectivity index (χ0) is 21.3. The van der Waals surface area contributed by atoms with E-state index in [0.29, 0.717) is 11.5 Å². The van der Waals surface area contributed by atoms with Crippen LogP contribution in [0.15, 0.2) is 18.2 Å². The first-order valence-corrected chi connectivity index (χ1v) is 9.27. The van der Waals surface area contributed by atoms with Gasteiger partial charge < -0.3 is 4.74 Å². The van der Waals surface area contributed by atoms with Crippen LogP contribution in [0.1, 0.15) is 60.9 Å². The van der Waals surface area contributed by atoms with Gasteiger partial charge in [-0.05, 0) is 55.2 Å². The Morgan fingerprint density at radius 3 is 1.97 bits per heavy atom. The average Bonchev–Trinajstić information content (AvgIpc) is 2.73. The van der Waals surface area contributed by atoms with Crippen LogP contribution in [0.3, 0.4) is 0 Å². The minimum atomic E-state index is -2.38. The SMILES string of the molecule is CC[C@H]1CC[C@H](c2ccc(C(=O)Oc3c(F)c(F)c(F)c(F)c3F)c(F)c2)CC1. The highest BCUT2D eigenvalue weighted by Gasteiger charge is 2.30. The maximum absolute atomic E-state index is 14.4. The van der Waals surface area contributed by atoms with E-state index in [2.05, 4.69) is 11.7 Å². The summed E-state index contributed by atoms with van der Waals surface area (Å²) in [5.41, 5.74) is 0.0183. The topological polar surface area (TPSA) is 26.3 Å². The highest BCUT2D eigenvalue weighted by Crippen LogP contribution is 2.37. The van der Waals surface area contributed by atoms with Crippen molar-refractivity contribution in [1.29, 1.82) is 0 Å². The molecular weight excluding hydrogens is 398 g/mol. The van der Waals surface area contributed by atoms with Gasteiger partial charge in [0.05, 0.1) is 5.56 Å². The van der Waals surface area contributed by atoms with E-state index in [-0.39, 0.29) is 5.92 Å². The Morgan fingerprint density at radius 1 is 0.897 bits per heavy atom. The standard InChI is InChI=1S/C21H18F6O2/c1-2-10-3-5-11(6-4-10)12-7-8-13(14(22)9-12)21(28)29-20-18(26)16(24)15(23)17(25)19(20)27/h7-11H,2-6H2,1H3/t10-,11-.